The zero-order valence-corrected chi connectivity index (χ0v) is 33.1. The van der Waals surface area contributed by atoms with E-state index in [1.807, 2.05) is 61.5 Å². The number of hydrogen-bond donors (Lipinski definition) is 3. The van der Waals surface area contributed by atoms with Gasteiger partial charge in [0.15, 0.2) is 5.52 Å². The number of hydrogen-bond acceptors (Lipinski definition) is 10. The molecule has 15 nitrogen and oxygen atoms in total. The van der Waals surface area contributed by atoms with Gasteiger partial charge in [0.1, 0.15) is 11.1 Å². The molecule has 0 spiro atoms. The van der Waals surface area contributed by atoms with Gasteiger partial charge in [0.25, 0.3) is 5.56 Å². The van der Waals surface area contributed by atoms with Crippen molar-refractivity contribution in [2.75, 3.05) is 46.1 Å². The van der Waals surface area contributed by atoms with Crippen LogP contribution in [0.5, 0.6) is 0 Å². The first-order valence-corrected chi connectivity index (χ1v) is 19.2. The molecule has 2 aromatic heterocycles. The Kier molecular flexibility index (Phi) is 14.4. The van der Waals surface area contributed by atoms with E-state index in [-0.39, 0.29) is 48.4 Å². The number of nitrogens with zero attached hydrogens (tertiary/aromatic N) is 5. The highest BCUT2D eigenvalue weighted by molar-refractivity contribution is 5.89. The van der Waals surface area contributed by atoms with Crippen LogP contribution in [0, 0.1) is 0 Å². The van der Waals surface area contributed by atoms with E-state index < -0.39 is 17.3 Å². The number of piperidine rings is 1. The number of benzene rings is 2. The van der Waals surface area contributed by atoms with E-state index in [2.05, 4.69) is 20.7 Å². The number of ether oxygens (including phenoxy) is 3. The maximum Gasteiger partial charge on any atom is 0.407 e. The number of aryl methyl sites for hydroxylation is 1. The summed E-state index contributed by atoms with van der Waals surface area (Å²) < 4.78 is 19.1. The molecule has 0 saturated carbocycles. The van der Waals surface area contributed by atoms with Crippen LogP contribution in [-0.4, -0.2) is 105 Å². The van der Waals surface area contributed by atoms with Crippen molar-refractivity contribution < 1.29 is 33.7 Å². The van der Waals surface area contributed by atoms with Crippen molar-refractivity contribution >= 4 is 28.9 Å². The van der Waals surface area contributed by atoms with Crippen molar-refractivity contribution in [3.05, 3.63) is 82.4 Å². The van der Waals surface area contributed by atoms with Gasteiger partial charge in [0, 0.05) is 51.6 Å². The molecule has 1 fully saturated rings. The van der Waals surface area contributed by atoms with Crippen molar-refractivity contribution in [3.8, 4) is 11.3 Å². The van der Waals surface area contributed by atoms with Crippen LogP contribution in [0.3, 0.4) is 0 Å². The summed E-state index contributed by atoms with van der Waals surface area (Å²) in [5.41, 5.74) is 2.11. The third kappa shape index (κ3) is 11.9. The SMILES string of the molecule is C[C@H](CC(=O)N1CCC(O)(Cn2cnc3c(-c4ccc(CNC(=O)CCOCCOCCNC(=O)OC(C)(C)C)cc4)n(C)nc3c2=O)CC1)c1ccccc1. The summed E-state index contributed by atoms with van der Waals surface area (Å²) in [5, 5.41) is 21.5. The lowest BCUT2D eigenvalue weighted by Gasteiger charge is -2.38. The second kappa shape index (κ2) is 19.2. The highest BCUT2D eigenvalue weighted by Crippen LogP contribution is 2.28. The second-order valence-electron chi connectivity index (χ2n) is 15.3. The summed E-state index contributed by atoms with van der Waals surface area (Å²) in [5.74, 6) is 0.0130. The molecule has 4 aromatic rings. The third-order valence-electron chi connectivity index (χ3n) is 9.65. The molecular weight excluding hydrogens is 718 g/mol. The van der Waals surface area contributed by atoms with Gasteiger partial charge in [-0.25, -0.2) is 9.78 Å². The van der Waals surface area contributed by atoms with Crippen molar-refractivity contribution in [2.45, 2.75) is 83.6 Å². The first-order valence-electron chi connectivity index (χ1n) is 19.2. The van der Waals surface area contributed by atoms with Gasteiger partial charge in [-0.05, 0) is 50.7 Å². The van der Waals surface area contributed by atoms with Crippen molar-refractivity contribution in [3.63, 3.8) is 0 Å². The number of nitrogens with one attached hydrogen (secondary N) is 2. The lowest BCUT2D eigenvalue weighted by atomic mass is 9.90. The van der Waals surface area contributed by atoms with Crippen LogP contribution in [0.25, 0.3) is 22.3 Å². The summed E-state index contributed by atoms with van der Waals surface area (Å²) in [6, 6.07) is 17.6. The van der Waals surface area contributed by atoms with Crippen molar-refractivity contribution in [2.24, 2.45) is 7.05 Å². The molecule has 0 unspecified atom stereocenters. The highest BCUT2D eigenvalue weighted by Gasteiger charge is 2.35. The number of amides is 3. The predicted molar refractivity (Wildman–Crippen MR) is 211 cm³/mol. The summed E-state index contributed by atoms with van der Waals surface area (Å²) in [6.07, 6.45) is 2.27. The molecular formula is C41H55N7O8. The van der Waals surface area contributed by atoms with E-state index in [0.29, 0.717) is 76.5 Å². The fraction of sp³-hybridized carbons (Fsp3) is 0.512. The lowest BCUT2D eigenvalue weighted by molar-refractivity contribution is -0.136. The molecule has 0 radical (unpaired) electrons. The van der Waals surface area contributed by atoms with E-state index in [1.54, 1.807) is 37.4 Å². The summed E-state index contributed by atoms with van der Waals surface area (Å²) >= 11 is 0. The highest BCUT2D eigenvalue weighted by atomic mass is 16.6. The molecule has 3 amide bonds. The summed E-state index contributed by atoms with van der Waals surface area (Å²) in [6.45, 7) is 10.2. The normalized spacial score (nSPS) is 14.7. The third-order valence-corrected chi connectivity index (χ3v) is 9.65. The van der Waals surface area contributed by atoms with Gasteiger partial charge in [-0.15, -0.1) is 0 Å². The Morgan fingerprint density at radius 2 is 1.61 bits per heavy atom. The lowest BCUT2D eigenvalue weighted by Crippen LogP contribution is -2.49. The first-order chi connectivity index (χ1) is 26.7. The minimum absolute atomic E-state index is 0.0563. The van der Waals surface area contributed by atoms with Crippen LogP contribution < -0.4 is 16.2 Å². The first kappa shape index (κ1) is 42.0. The average Bonchev–Trinajstić information content (AvgIpc) is 3.50. The molecule has 0 aliphatic carbocycles. The number of rotatable bonds is 17. The maximum atomic E-state index is 13.6. The van der Waals surface area contributed by atoms with Gasteiger partial charge in [0.05, 0.1) is 50.6 Å². The van der Waals surface area contributed by atoms with Crippen molar-refractivity contribution in [1.29, 1.82) is 0 Å². The molecule has 15 heteroatoms. The molecule has 2 aromatic carbocycles. The Morgan fingerprint density at radius 3 is 2.29 bits per heavy atom. The standard InChI is InChI=1S/C41H55N7O8/c1-29(31-9-7-6-8-10-31)25-34(50)47-19-16-41(53,17-20-47)27-48-28-44-35-36(38(48)51)45-46(5)37(35)32-13-11-30(12-14-32)26-43-33(49)15-21-54-23-24-55-22-18-42-39(52)56-40(2,3)4/h6-14,28-29,53H,15-27H2,1-5H3,(H,42,52)(H,43,49)/t29-/m1/s1. The van der Waals surface area contributed by atoms with Crippen LogP contribution in [0.4, 0.5) is 4.79 Å². The van der Waals surface area contributed by atoms with Gasteiger partial charge in [-0.1, -0.05) is 61.5 Å². The van der Waals surface area contributed by atoms with Gasteiger partial charge >= 0.3 is 6.09 Å². The van der Waals surface area contributed by atoms with Crippen LogP contribution in [0.15, 0.2) is 65.7 Å². The molecule has 3 heterocycles. The molecule has 56 heavy (non-hydrogen) atoms. The van der Waals surface area contributed by atoms with E-state index in [4.69, 9.17) is 14.2 Å². The van der Waals surface area contributed by atoms with Crippen LogP contribution >= 0.6 is 0 Å². The predicted octanol–water partition coefficient (Wildman–Crippen LogP) is 3.91. The fourth-order valence-corrected chi connectivity index (χ4v) is 6.56. The minimum Gasteiger partial charge on any atom is -0.444 e. The average molecular weight is 774 g/mol. The number of fused-ring (bicyclic) bond motifs is 1. The largest absolute Gasteiger partial charge is 0.444 e. The maximum absolute atomic E-state index is 13.6. The smallest absolute Gasteiger partial charge is 0.407 e. The van der Waals surface area contributed by atoms with E-state index in [1.165, 1.54) is 10.9 Å². The Morgan fingerprint density at radius 1 is 0.929 bits per heavy atom. The van der Waals surface area contributed by atoms with E-state index in [9.17, 15) is 24.3 Å². The van der Waals surface area contributed by atoms with Gasteiger partial charge in [-0.3, -0.25) is 23.6 Å². The monoisotopic (exact) mass is 773 g/mol. The molecule has 1 saturated heterocycles. The Labute approximate surface area is 327 Å². The molecule has 3 N–H and O–H groups in total. The minimum atomic E-state index is -1.16. The summed E-state index contributed by atoms with van der Waals surface area (Å²) in [7, 11) is 1.76. The fourth-order valence-electron chi connectivity index (χ4n) is 6.56. The second-order valence-corrected chi connectivity index (χ2v) is 15.3. The van der Waals surface area contributed by atoms with Crippen LogP contribution in [0.2, 0.25) is 0 Å². The molecule has 0 bridgehead atoms. The van der Waals surface area contributed by atoms with Crippen molar-refractivity contribution in [1.82, 2.24) is 34.9 Å². The molecule has 5 rings (SSSR count). The topological polar surface area (TPSA) is 179 Å². The van der Waals surface area contributed by atoms with Gasteiger partial charge in [0.2, 0.25) is 11.8 Å². The molecule has 1 aliphatic heterocycles. The zero-order valence-electron chi connectivity index (χ0n) is 33.1. The van der Waals surface area contributed by atoms with Crippen LogP contribution in [0.1, 0.15) is 70.4 Å². The number of carbonyl (C=O) groups excluding carboxylic acids is 3. The molecule has 1 atom stereocenters. The zero-order chi connectivity index (χ0) is 40.3. The summed E-state index contributed by atoms with van der Waals surface area (Å²) in [4.78, 5) is 57.0. The molecule has 1 aliphatic rings. The van der Waals surface area contributed by atoms with Crippen LogP contribution in [-0.2, 0) is 43.9 Å². The quantitative estimate of drug-likeness (QED) is 0.133. The number of aromatic nitrogens is 4. The number of carbonyl (C=O) groups is 3. The van der Waals surface area contributed by atoms with Gasteiger partial charge < -0.3 is 34.9 Å². The number of alkyl carbamates (subject to hydrolysis) is 1. The number of likely N-dealkylation sites (tertiary alicyclic amines) is 1. The van der Waals surface area contributed by atoms with Gasteiger partial charge in [-0.2, -0.15) is 5.10 Å². The Balaban J connectivity index is 1.05. The van der Waals surface area contributed by atoms with E-state index in [0.717, 1.165) is 16.7 Å². The number of aliphatic hydroxyl groups is 1. The Bertz CT molecular complexity index is 1980. The Hall–Kier alpha value is -5.12. The van der Waals surface area contributed by atoms with E-state index >= 15 is 0 Å². The molecule has 302 valence electrons.